The van der Waals surface area contributed by atoms with Crippen LogP contribution < -0.4 is 4.74 Å². The lowest BCUT2D eigenvalue weighted by Crippen LogP contribution is -1.97. The Morgan fingerprint density at radius 1 is 0.714 bits per heavy atom. The summed E-state index contributed by atoms with van der Waals surface area (Å²) in [7, 11) is 1.99. The van der Waals surface area contributed by atoms with E-state index in [1.165, 1.54) is 11.1 Å². The second-order valence-corrected chi connectivity index (χ2v) is 7.25. The largest absolute Gasteiger partial charge is 0.454 e. The van der Waals surface area contributed by atoms with Crippen LogP contribution in [0.4, 0.5) is 0 Å². The Morgan fingerprint density at radius 3 is 2.18 bits per heavy atom. The van der Waals surface area contributed by atoms with E-state index in [1.54, 1.807) is 0 Å². The van der Waals surface area contributed by atoms with Gasteiger partial charge in [0, 0.05) is 25.0 Å². The first-order chi connectivity index (χ1) is 13.6. The molecule has 1 aromatic heterocycles. The van der Waals surface area contributed by atoms with Crippen LogP contribution in [0, 0.1) is 11.4 Å². The Bertz CT molecular complexity index is 1180. The first kappa shape index (κ1) is 18.2. The van der Waals surface area contributed by atoms with Gasteiger partial charge in [0.05, 0.1) is 4.51 Å². The first-order valence-corrected chi connectivity index (χ1v) is 9.62. The van der Waals surface area contributed by atoms with E-state index < -0.39 is 0 Å². The quantitative estimate of drug-likeness (QED) is 0.346. The summed E-state index contributed by atoms with van der Waals surface area (Å²) < 4.78 is 8.88. The van der Waals surface area contributed by atoms with Crippen molar-refractivity contribution in [3.8, 4) is 33.8 Å². The summed E-state index contributed by atoms with van der Waals surface area (Å²) >= 11 is 5.80. The van der Waals surface area contributed by atoms with Gasteiger partial charge in [-0.2, -0.15) is 0 Å². The second kappa shape index (κ2) is 7.83. The van der Waals surface area contributed by atoms with Gasteiger partial charge in [0.25, 0.3) is 0 Å². The number of hydrogen-bond donors (Lipinski definition) is 0. The lowest BCUT2D eigenvalue weighted by molar-refractivity contribution is 0.471. The monoisotopic (exact) mass is 383 g/mol. The zero-order valence-corrected chi connectivity index (χ0v) is 16.7. The average Bonchev–Trinajstić information content (AvgIpc) is 2.73. The third-order valence-electron chi connectivity index (χ3n) is 4.72. The minimum Gasteiger partial charge on any atom is -0.454 e. The third kappa shape index (κ3) is 3.75. The Kier molecular flexibility index (Phi) is 5.09. The second-order valence-electron chi connectivity index (χ2n) is 6.85. The molecule has 3 heteroatoms. The number of ether oxygens (including phenoxy) is 1. The summed E-state index contributed by atoms with van der Waals surface area (Å²) in [5.41, 5.74) is 5.50. The van der Waals surface area contributed by atoms with Gasteiger partial charge in [0.1, 0.15) is 5.75 Å². The van der Waals surface area contributed by atoms with Gasteiger partial charge >= 0.3 is 0 Å². The summed E-state index contributed by atoms with van der Waals surface area (Å²) in [4.78, 5) is 0. The fraction of sp³-hybridized carbons (Fsp3) is 0.0800. The zero-order valence-electron chi connectivity index (χ0n) is 15.9. The molecule has 4 rings (SSSR count). The fourth-order valence-corrected chi connectivity index (χ4v) is 3.51. The van der Waals surface area contributed by atoms with Crippen molar-refractivity contribution in [3.63, 3.8) is 0 Å². The van der Waals surface area contributed by atoms with E-state index in [0.717, 1.165) is 22.4 Å². The Balaban J connectivity index is 1.78. The molecule has 0 saturated heterocycles. The van der Waals surface area contributed by atoms with Gasteiger partial charge in [0.15, 0.2) is 5.75 Å². The van der Waals surface area contributed by atoms with Crippen molar-refractivity contribution in [2.75, 3.05) is 0 Å². The van der Waals surface area contributed by atoms with Crippen molar-refractivity contribution < 1.29 is 4.74 Å². The Morgan fingerprint density at radius 2 is 1.39 bits per heavy atom. The molecular formula is C25H21NOS. The molecule has 0 spiro atoms. The van der Waals surface area contributed by atoms with E-state index in [-0.39, 0.29) is 0 Å². The van der Waals surface area contributed by atoms with Crippen LogP contribution in [0.2, 0.25) is 0 Å². The zero-order chi connectivity index (χ0) is 19.5. The molecule has 0 N–H and O–H groups in total. The van der Waals surface area contributed by atoms with Gasteiger partial charge in [-0.15, -0.1) is 0 Å². The normalized spacial score (nSPS) is 10.6. The van der Waals surface area contributed by atoms with Crippen molar-refractivity contribution >= 4 is 12.2 Å². The molecule has 0 amide bonds. The molecule has 138 valence electrons. The fourth-order valence-electron chi connectivity index (χ4n) is 3.24. The topological polar surface area (TPSA) is 14.2 Å². The summed E-state index contributed by atoms with van der Waals surface area (Å²) in [5.74, 6) is 1.51. The van der Waals surface area contributed by atoms with E-state index in [1.807, 2.05) is 55.1 Å². The number of rotatable bonds is 4. The van der Waals surface area contributed by atoms with Crippen molar-refractivity contribution in [2.45, 2.75) is 6.92 Å². The molecule has 0 radical (unpaired) electrons. The maximum Gasteiger partial charge on any atom is 0.162 e. The first-order valence-electron chi connectivity index (χ1n) is 9.21. The highest BCUT2D eigenvalue weighted by atomic mass is 32.1. The Labute approximate surface area is 170 Å². The maximum atomic E-state index is 6.17. The highest BCUT2D eigenvalue weighted by molar-refractivity contribution is 7.71. The van der Waals surface area contributed by atoms with Gasteiger partial charge in [-0.25, -0.2) is 0 Å². The summed E-state index contributed by atoms with van der Waals surface area (Å²) in [5, 5.41) is 0. The molecule has 0 aliphatic heterocycles. The highest BCUT2D eigenvalue weighted by Crippen LogP contribution is 2.32. The van der Waals surface area contributed by atoms with Crippen LogP contribution in [0.1, 0.15) is 5.56 Å². The number of nitrogens with zero attached hydrogens (tertiary/aromatic N) is 1. The maximum absolute atomic E-state index is 6.17. The minimum absolute atomic E-state index is 0.689. The summed E-state index contributed by atoms with van der Waals surface area (Å²) in [6, 6.07) is 26.8. The lowest BCUT2D eigenvalue weighted by atomic mass is 10.00. The third-order valence-corrected chi connectivity index (χ3v) is 5.14. The SMILES string of the molecule is Cc1ccccc1Oc1cn(C)cc(-c2cccc(-c3ccccc3)c2)c1=S. The smallest absolute Gasteiger partial charge is 0.162 e. The van der Waals surface area contributed by atoms with Crippen molar-refractivity contribution in [1.82, 2.24) is 4.57 Å². The Hall–Kier alpha value is -3.17. The van der Waals surface area contributed by atoms with Crippen molar-refractivity contribution in [3.05, 3.63) is 101 Å². The number of hydrogen-bond acceptors (Lipinski definition) is 2. The van der Waals surface area contributed by atoms with E-state index >= 15 is 0 Å². The van der Waals surface area contributed by atoms with Crippen LogP contribution in [-0.2, 0) is 7.05 Å². The molecule has 4 aromatic rings. The molecule has 0 fully saturated rings. The van der Waals surface area contributed by atoms with Crippen LogP contribution in [0.15, 0.2) is 91.3 Å². The van der Waals surface area contributed by atoms with Gasteiger partial charge in [-0.3, -0.25) is 0 Å². The molecule has 2 nitrogen and oxygen atoms in total. The van der Waals surface area contributed by atoms with Crippen LogP contribution in [0.5, 0.6) is 11.5 Å². The predicted molar refractivity (Wildman–Crippen MR) is 118 cm³/mol. The van der Waals surface area contributed by atoms with E-state index in [0.29, 0.717) is 10.3 Å². The molecule has 28 heavy (non-hydrogen) atoms. The molecule has 0 atom stereocenters. The molecule has 3 aromatic carbocycles. The molecule has 0 saturated carbocycles. The number of aryl methyl sites for hydroxylation is 2. The molecule has 0 aliphatic carbocycles. The summed E-state index contributed by atoms with van der Waals surface area (Å²) in [6.45, 7) is 2.03. The van der Waals surface area contributed by atoms with Gasteiger partial charge in [0.2, 0.25) is 0 Å². The number of pyridine rings is 1. The highest BCUT2D eigenvalue weighted by Gasteiger charge is 2.10. The number of benzene rings is 3. The summed E-state index contributed by atoms with van der Waals surface area (Å²) in [6.07, 6.45) is 3.98. The molecular weight excluding hydrogens is 362 g/mol. The molecule has 0 bridgehead atoms. The van der Waals surface area contributed by atoms with Crippen LogP contribution in [0.3, 0.4) is 0 Å². The number of aromatic nitrogens is 1. The van der Waals surface area contributed by atoms with Gasteiger partial charge in [-0.05, 0) is 41.3 Å². The standard InChI is InChI=1S/C25H21NOS/c1-18-9-6-7-14-23(18)27-24-17-26(2)16-22(25(24)28)21-13-8-12-20(15-21)19-10-4-3-5-11-19/h3-17H,1-2H3. The van der Waals surface area contributed by atoms with Crippen molar-refractivity contribution in [1.29, 1.82) is 0 Å². The van der Waals surface area contributed by atoms with E-state index in [9.17, 15) is 0 Å². The molecule has 0 unspecified atom stereocenters. The van der Waals surface area contributed by atoms with Crippen LogP contribution >= 0.6 is 12.2 Å². The van der Waals surface area contributed by atoms with E-state index in [2.05, 4.69) is 54.7 Å². The average molecular weight is 384 g/mol. The number of para-hydroxylation sites is 1. The van der Waals surface area contributed by atoms with Crippen LogP contribution in [-0.4, -0.2) is 4.57 Å². The van der Waals surface area contributed by atoms with Gasteiger partial charge < -0.3 is 9.30 Å². The minimum atomic E-state index is 0.689. The van der Waals surface area contributed by atoms with Crippen molar-refractivity contribution in [2.24, 2.45) is 7.05 Å². The van der Waals surface area contributed by atoms with E-state index in [4.69, 9.17) is 17.0 Å². The van der Waals surface area contributed by atoms with Gasteiger partial charge in [-0.1, -0.05) is 78.9 Å². The molecule has 0 aliphatic rings. The van der Waals surface area contributed by atoms with Crippen LogP contribution in [0.25, 0.3) is 22.3 Å². The predicted octanol–water partition coefficient (Wildman–Crippen LogP) is 7.19. The lowest BCUT2D eigenvalue weighted by Gasteiger charge is -2.13. The molecule has 1 heterocycles.